The third-order valence-electron chi connectivity index (χ3n) is 5.66. The van der Waals surface area contributed by atoms with Crippen molar-refractivity contribution in [1.82, 2.24) is 0 Å². The van der Waals surface area contributed by atoms with Crippen molar-refractivity contribution in [1.29, 1.82) is 0 Å². The third-order valence-corrected chi connectivity index (χ3v) is 10.5. The Morgan fingerprint density at radius 1 is 0.414 bits per heavy atom. The van der Waals surface area contributed by atoms with Crippen LogP contribution in [0.5, 0.6) is 0 Å². The number of hydrogen-bond donors (Lipinski definition) is 2. The fraction of sp³-hybridized carbons (Fsp3) is 0.0769. The first kappa shape index (κ1) is 19.0. The highest BCUT2D eigenvalue weighted by Crippen LogP contribution is 2.13. The number of benzene rings is 4. The van der Waals surface area contributed by atoms with E-state index in [1.807, 2.05) is 24.3 Å². The van der Waals surface area contributed by atoms with Gasteiger partial charge >= 0.3 is 0 Å². The molecule has 4 aromatic rings. The van der Waals surface area contributed by atoms with Gasteiger partial charge in [-0.1, -0.05) is 83.9 Å². The van der Waals surface area contributed by atoms with E-state index in [-0.39, 0.29) is 0 Å². The molecule has 144 valence electrons. The summed E-state index contributed by atoms with van der Waals surface area (Å²) in [6, 6.07) is 34.8. The SMILES string of the molecule is Cc1ccc([Si](c2ccc(C)cc2)(c2ccc(N)cc2)c2ccc(N)cc2)cc1. The van der Waals surface area contributed by atoms with Gasteiger partial charge in [0.05, 0.1) is 0 Å². The monoisotopic (exact) mass is 394 g/mol. The summed E-state index contributed by atoms with van der Waals surface area (Å²) in [5, 5.41) is 5.32. The average molecular weight is 395 g/mol. The molecule has 4 rings (SSSR count). The van der Waals surface area contributed by atoms with Gasteiger partial charge in [0.2, 0.25) is 0 Å². The number of anilines is 2. The van der Waals surface area contributed by atoms with Crippen LogP contribution in [0.15, 0.2) is 97.1 Å². The molecule has 0 unspecified atom stereocenters. The molecule has 0 aliphatic carbocycles. The lowest BCUT2D eigenvalue weighted by atomic mass is 10.2. The van der Waals surface area contributed by atoms with Crippen LogP contribution in [-0.2, 0) is 0 Å². The van der Waals surface area contributed by atoms with Crippen molar-refractivity contribution in [3.8, 4) is 0 Å². The number of rotatable bonds is 4. The van der Waals surface area contributed by atoms with Gasteiger partial charge in [0.25, 0.3) is 0 Å². The second kappa shape index (κ2) is 7.61. The molecule has 3 heteroatoms. The molecule has 0 radical (unpaired) electrons. The Morgan fingerprint density at radius 2 is 0.655 bits per heavy atom. The van der Waals surface area contributed by atoms with Crippen LogP contribution < -0.4 is 32.2 Å². The second-order valence-electron chi connectivity index (χ2n) is 7.73. The van der Waals surface area contributed by atoms with E-state index >= 15 is 0 Å². The van der Waals surface area contributed by atoms with Crippen molar-refractivity contribution < 1.29 is 0 Å². The Kier molecular flexibility index (Phi) is 4.99. The molecule has 0 spiro atoms. The van der Waals surface area contributed by atoms with E-state index in [0.29, 0.717) is 0 Å². The maximum absolute atomic E-state index is 6.04. The number of nitrogens with two attached hydrogens (primary N) is 2. The summed E-state index contributed by atoms with van der Waals surface area (Å²) in [4.78, 5) is 0. The van der Waals surface area contributed by atoms with E-state index in [9.17, 15) is 0 Å². The zero-order chi connectivity index (χ0) is 20.4. The van der Waals surface area contributed by atoms with Crippen molar-refractivity contribution in [3.63, 3.8) is 0 Å². The van der Waals surface area contributed by atoms with Crippen LogP contribution in [0.1, 0.15) is 11.1 Å². The lowest BCUT2D eigenvalue weighted by Crippen LogP contribution is -2.74. The van der Waals surface area contributed by atoms with Crippen LogP contribution in [0.4, 0.5) is 11.4 Å². The molecule has 0 aliphatic rings. The van der Waals surface area contributed by atoms with E-state index in [1.165, 1.54) is 31.9 Å². The molecule has 0 fully saturated rings. The van der Waals surface area contributed by atoms with Gasteiger partial charge in [0, 0.05) is 11.4 Å². The largest absolute Gasteiger partial charge is 0.399 e. The minimum Gasteiger partial charge on any atom is -0.399 e. The molecule has 29 heavy (non-hydrogen) atoms. The Morgan fingerprint density at radius 3 is 0.931 bits per heavy atom. The first-order valence-electron chi connectivity index (χ1n) is 9.86. The highest BCUT2D eigenvalue weighted by Gasteiger charge is 2.41. The molecular formula is C26H26N2Si. The summed E-state index contributed by atoms with van der Waals surface area (Å²) < 4.78 is 0. The first-order valence-corrected chi connectivity index (χ1v) is 11.9. The quantitative estimate of drug-likeness (QED) is 0.318. The van der Waals surface area contributed by atoms with Crippen LogP contribution in [0, 0.1) is 13.8 Å². The van der Waals surface area contributed by atoms with E-state index in [4.69, 9.17) is 11.5 Å². The van der Waals surface area contributed by atoms with Gasteiger partial charge in [0.1, 0.15) is 0 Å². The fourth-order valence-electron chi connectivity index (χ4n) is 4.07. The lowest BCUT2D eigenvalue weighted by Gasteiger charge is -2.34. The van der Waals surface area contributed by atoms with E-state index < -0.39 is 8.07 Å². The maximum atomic E-state index is 6.04. The zero-order valence-electron chi connectivity index (χ0n) is 16.9. The molecule has 0 bridgehead atoms. The summed E-state index contributed by atoms with van der Waals surface area (Å²) in [6.45, 7) is 4.26. The molecule has 0 atom stereocenters. The van der Waals surface area contributed by atoms with Gasteiger partial charge in [-0.05, 0) is 58.9 Å². The Bertz CT molecular complexity index is 910. The topological polar surface area (TPSA) is 52.0 Å². The standard InChI is InChI=1S/C26H26N2Si/c1-19-3-11-23(12-4-19)29(24-13-5-20(2)6-14-24,25-15-7-21(27)8-16-25)26-17-9-22(28)10-18-26/h3-18H,27-28H2,1-2H3. The summed E-state index contributed by atoms with van der Waals surface area (Å²) in [5.74, 6) is 0. The predicted octanol–water partition coefficient (Wildman–Crippen LogP) is 2.85. The van der Waals surface area contributed by atoms with Crippen LogP contribution in [-0.4, -0.2) is 8.07 Å². The molecule has 0 aliphatic heterocycles. The van der Waals surface area contributed by atoms with Crippen molar-refractivity contribution in [2.75, 3.05) is 11.5 Å². The van der Waals surface area contributed by atoms with Crippen molar-refractivity contribution in [3.05, 3.63) is 108 Å². The summed E-state index contributed by atoms with van der Waals surface area (Å²) in [5.41, 5.74) is 16.2. The van der Waals surface area contributed by atoms with Crippen molar-refractivity contribution >= 4 is 40.2 Å². The minimum absolute atomic E-state index is 0.779. The smallest absolute Gasteiger partial charge is 0.179 e. The molecule has 0 saturated heterocycles. The van der Waals surface area contributed by atoms with Gasteiger partial charge < -0.3 is 11.5 Å². The molecule has 0 heterocycles. The van der Waals surface area contributed by atoms with Gasteiger partial charge in [-0.25, -0.2) is 0 Å². The van der Waals surface area contributed by atoms with Crippen molar-refractivity contribution in [2.24, 2.45) is 0 Å². The second-order valence-corrected chi connectivity index (χ2v) is 11.5. The molecule has 0 saturated carbocycles. The molecular weight excluding hydrogens is 368 g/mol. The molecule has 4 aromatic carbocycles. The highest BCUT2D eigenvalue weighted by molar-refractivity contribution is 7.19. The summed E-state index contributed by atoms with van der Waals surface area (Å²) in [7, 11) is -2.50. The summed E-state index contributed by atoms with van der Waals surface area (Å²) in [6.07, 6.45) is 0. The van der Waals surface area contributed by atoms with Crippen LogP contribution in [0.3, 0.4) is 0 Å². The Balaban J connectivity index is 2.11. The predicted molar refractivity (Wildman–Crippen MR) is 128 cm³/mol. The van der Waals surface area contributed by atoms with Gasteiger partial charge in [-0.15, -0.1) is 0 Å². The summed E-state index contributed by atoms with van der Waals surface area (Å²) >= 11 is 0. The van der Waals surface area contributed by atoms with E-state index in [2.05, 4.69) is 86.6 Å². The third kappa shape index (κ3) is 3.45. The number of aryl methyl sites for hydroxylation is 2. The molecule has 4 N–H and O–H groups in total. The minimum atomic E-state index is -2.50. The molecule has 2 nitrogen and oxygen atoms in total. The molecule has 0 aromatic heterocycles. The van der Waals surface area contributed by atoms with E-state index in [0.717, 1.165) is 11.4 Å². The van der Waals surface area contributed by atoms with Gasteiger partial charge in [-0.3, -0.25) is 0 Å². The molecule has 0 amide bonds. The van der Waals surface area contributed by atoms with Gasteiger partial charge in [0.15, 0.2) is 8.07 Å². The number of nitrogen functional groups attached to an aromatic ring is 2. The zero-order valence-corrected chi connectivity index (χ0v) is 17.9. The Hall–Kier alpha value is -3.30. The average Bonchev–Trinajstić information content (AvgIpc) is 2.73. The lowest BCUT2D eigenvalue weighted by molar-refractivity contribution is 1.48. The van der Waals surface area contributed by atoms with E-state index in [1.54, 1.807) is 0 Å². The normalized spacial score (nSPS) is 11.4. The Labute approximate surface area is 173 Å². The van der Waals surface area contributed by atoms with Gasteiger partial charge in [-0.2, -0.15) is 0 Å². The van der Waals surface area contributed by atoms with Crippen LogP contribution >= 0.6 is 0 Å². The first-order chi connectivity index (χ1) is 14.0. The van der Waals surface area contributed by atoms with Crippen LogP contribution in [0.25, 0.3) is 0 Å². The van der Waals surface area contributed by atoms with Crippen molar-refractivity contribution in [2.45, 2.75) is 13.8 Å². The fourth-order valence-corrected chi connectivity index (χ4v) is 8.74. The number of hydrogen-bond acceptors (Lipinski definition) is 2. The maximum Gasteiger partial charge on any atom is 0.179 e. The van der Waals surface area contributed by atoms with Crippen LogP contribution in [0.2, 0.25) is 0 Å². The highest BCUT2D eigenvalue weighted by atomic mass is 28.3.